The molecule has 0 aliphatic heterocycles. The molecule has 4 heteroatoms. The van der Waals surface area contributed by atoms with Crippen molar-refractivity contribution in [3.05, 3.63) is 0 Å². The summed E-state index contributed by atoms with van der Waals surface area (Å²) in [6.07, 6.45) is 1.88. The molecule has 0 spiro atoms. The molecule has 118 valence electrons. The van der Waals surface area contributed by atoms with Crippen LogP contribution < -0.4 is 11.1 Å². The van der Waals surface area contributed by atoms with Crippen molar-refractivity contribution in [2.45, 2.75) is 59.5 Å². The molecule has 1 amide bonds. The number of rotatable bonds is 6. The molecule has 0 aromatic heterocycles. The molecule has 20 heavy (non-hydrogen) atoms. The topological polar surface area (TPSA) is 58.4 Å². The molecular weight excluding hydrogens is 250 g/mol. The van der Waals surface area contributed by atoms with E-state index in [1.807, 2.05) is 0 Å². The fourth-order valence-corrected chi connectivity index (χ4v) is 3.31. The van der Waals surface area contributed by atoms with Gasteiger partial charge in [-0.1, -0.05) is 27.7 Å². The normalized spacial score (nSPS) is 32.1. The van der Waals surface area contributed by atoms with Crippen LogP contribution in [0.2, 0.25) is 0 Å². The number of nitrogens with one attached hydrogen (secondary N) is 1. The zero-order valence-electron chi connectivity index (χ0n) is 13.9. The Bertz CT molecular complexity index is 304. The van der Waals surface area contributed by atoms with Gasteiger partial charge in [-0.2, -0.15) is 0 Å². The maximum Gasteiger partial charge on any atom is 0.223 e. The van der Waals surface area contributed by atoms with Crippen molar-refractivity contribution in [3.8, 4) is 0 Å². The van der Waals surface area contributed by atoms with Crippen molar-refractivity contribution >= 4 is 5.91 Å². The summed E-state index contributed by atoms with van der Waals surface area (Å²) >= 11 is 0. The summed E-state index contributed by atoms with van der Waals surface area (Å²) in [6.45, 7) is 13.7. The number of carbonyl (C=O) groups is 1. The minimum Gasteiger partial charge on any atom is -0.352 e. The molecule has 0 radical (unpaired) electrons. The van der Waals surface area contributed by atoms with E-state index in [4.69, 9.17) is 5.73 Å². The first-order chi connectivity index (χ1) is 9.38. The molecule has 1 aliphatic rings. The summed E-state index contributed by atoms with van der Waals surface area (Å²) in [5, 5.41) is 3.18. The third kappa shape index (κ3) is 4.74. The average Bonchev–Trinajstić information content (AvgIpc) is 2.39. The maximum atomic E-state index is 12.4. The van der Waals surface area contributed by atoms with Gasteiger partial charge in [0.25, 0.3) is 0 Å². The van der Waals surface area contributed by atoms with Crippen LogP contribution in [0.1, 0.15) is 47.5 Å². The van der Waals surface area contributed by atoms with E-state index in [2.05, 4.69) is 44.8 Å². The fraction of sp³-hybridized carbons (Fsp3) is 0.938. The lowest BCUT2D eigenvalue weighted by Gasteiger charge is -2.36. The Morgan fingerprint density at radius 3 is 2.40 bits per heavy atom. The summed E-state index contributed by atoms with van der Waals surface area (Å²) in [7, 11) is 0. The third-order valence-corrected chi connectivity index (χ3v) is 4.84. The van der Waals surface area contributed by atoms with Gasteiger partial charge in [-0.15, -0.1) is 0 Å². The van der Waals surface area contributed by atoms with Gasteiger partial charge in [0.2, 0.25) is 5.91 Å². The number of amides is 1. The summed E-state index contributed by atoms with van der Waals surface area (Å²) in [5.74, 6) is 1.24. The van der Waals surface area contributed by atoms with Crippen LogP contribution in [0.15, 0.2) is 0 Å². The lowest BCUT2D eigenvalue weighted by molar-refractivity contribution is -0.129. The van der Waals surface area contributed by atoms with Crippen LogP contribution in [0.25, 0.3) is 0 Å². The van der Waals surface area contributed by atoms with Gasteiger partial charge in [-0.25, -0.2) is 0 Å². The summed E-state index contributed by atoms with van der Waals surface area (Å²) in [6, 6.07) is 0.366. The van der Waals surface area contributed by atoms with E-state index in [0.29, 0.717) is 11.8 Å². The molecule has 5 unspecified atom stereocenters. The van der Waals surface area contributed by atoms with Crippen molar-refractivity contribution in [1.82, 2.24) is 10.2 Å². The average molecular weight is 283 g/mol. The van der Waals surface area contributed by atoms with Crippen LogP contribution in [0, 0.1) is 17.8 Å². The Morgan fingerprint density at radius 2 is 1.85 bits per heavy atom. The monoisotopic (exact) mass is 283 g/mol. The molecule has 3 N–H and O–H groups in total. The van der Waals surface area contributed by atoms with Crippen LogP contribution in [0.4, 0.5) is 0 Å². The van der Waals surface area contributed by atoms with E-state index in [1.54, 1.807) is 0 Å². The number of nitrogens with two attached hydrogens (primary N) is 1. The van der Waals surface area contributed by atoms with Gasteiger partial charge in [0.05, 0.1) is 0 Å². The number of likely N-dealkylation sites (N-methyl/N-ethyl adjacent to an activating group) is 1. The van der Waals surface area contributed by atoms with Crippen molar-refractivity contribution in [3.63, 3.8) is 0 Å². The van der Waals surface area contributed by atoms with Gasteiger partial charge in [0.15, 0.2) is 0 Å². The summed E-state index contributed by atoms with van der Waals surface area (Å²) in [5.41, 5.74) is 6.14. The molecule has 1 fully saturated rings. The van der Waals surface area contributed by atoms with E-state index in [-0.39, 0.29) is 23.9 Å². The first kappa shape index (κ1) is 17.4. The van der Waals surface area contributed by atoms with Gasteiger partial charge in [-0.3, -0.25) is 4.79 Å². The van der Waals surface area contributed by atoms with Crippen molar-refractivity contribution in [2.24, 2.45) is 23.5 Å². The Balaban J connectivity index is 2.49. The van der Waals surface area contributed by atoms with Crippen LogP contribution >= 0.6 is 0 Å². The predicted molar refractivity (Wildman–Crippen MR) is 84.4 cm³/mol. The van der Waals surface area contributed by atoms with Crippen molar-refractivity contribution in [2.75, 3.05) is 19.6 Å². The minimum absolute atomic E-state index is 0.0837. The zero-order chi connectivity index (χ0) is 15.3. The molecule has 1 aliphatic carbocycles. The van der Waals surface area contributed by atoms with Crippen LogP contribution in [-0.2, 0) is 4.79 Å². The minimum atomic E-state index is 0.0837. The third-order valence-electron chi connectivity index (χ3n) is 4.84. The summed E-state index contributed by atoms with van der Waals surface area (Å²) in [4.78, 5) is 14.8. The molecule has 0 heterocycles. The van der Waals surface area contributed by atoms with Crippen LogP contribution in [0.3, 0.4) is 0 Å². The maximum absolute atomic E-state index is 12.4. The molecule has 5 atom stereocenters. The largest absolute Gasteiger partial charge is 0.352 e. The fourth-order valence-electron chi connectivity index (χ4n) is 3.31. The highest BCUT2D eigenvalue weighted by molar-refractivity contribution is 5.79. The SMILES string of the molecule is CCN(CC)CC(C)NC(=O)C1CC(N)C(C)CC1C. The zero-order valence-corrected chi connectivity index (χ0v) is 13.9. The first-order valence-electron chi connectivity index (χ1n) is 8.17. The van der Waals surface area contributed by atoms with E-state index in [9.17, 15) is 4.79 Å². The van der Waals surface area contributed by atoms with Gasteiger partial charge < -0.3 is 16.0 Å². The lowest BCUT2D eigenvalue weighted by Crippen LogP contribution is -2.49. The molecule has 1 saturated carbocycles. The highest BCUT2D eigenvalue weighted by Crippen LogP contribution is 2.32. The molecule has 0 bridgehead atoms. The smallest absolute Gasteiger partial charge is 0.223 e. The Kier molecular flexibility index (Phi) is 6.96. The highest BCUT2D eigenvalue weighted by atomic mass is 16.2. The van der Waals surface area contributed by atoms with E-state index >= 15 is 0 Å². The van der Waals surface area contributed by atoms with E-state index < -0.39 is 0 Å². The molecular formula is C16H33N3O. The molecule has 0 saturated heterocycles. The lowest BCUT2D eigenvalue weighted by atomic mass is 9.72. The highest BCUT2D eigenvalue weighted by Gasteiger charge is 2.35. The standard InChI is InChI=1S/C16H33N3O/c1-6-19(7-2)10-13(5)18-16(20)14-9-15(17)12(4)8-11(14)3/h11-15H,6-10,17H2,1-5H3,(H,18,20). The van der Waals surface area contributed by atoms with E-state index in [1.165, 1.54) is 0 Å². The molecule has 4 nitrogen and oxygen atoms in total. The second kappa shape index (κ2) is 7.99. The van der Waals surface area contributed by atoms with Gasteiger partial charge in [-0.05, 0) is 44.7 Å². The van der Waals surface area contributed by atoms with Crippen LogP contribution in [-0.4, -0.2) is 42.5 Å². The van der Waals surface area contributed by atoms with Crippen LogP contribution in [0.5, 0.6) is 0 Å². The molecule has 0 aromatic rings. The second-order valence-electron chi connectivity index (χ2n) is 6.59. The van der Waals surface area contributed by atoms with Gasteiger partial charge >= 0.3 is 0 Å². The number of nitrogens with zero attached hydrogens (tertiary/aromatic N) is 1. The first-order valence-corrected chi connectivity index (χ1v) is 8.17. The Labute approximate surface area is 124 Å². The molecule has 0 aromatic carbocycles. The molecule has 1 rings (SSSR count). The second-order valence-corrected chi connectivity index (χ2v) is 6.59. The van der Waals surface area contributed by atoms with Crippen molar-refractivity contribution < 1.29 is 4.79 Å². The van der Waals surface area contributed by atoms with E-state index in [0.717, 1.165) is 32.5 Å². The Morgan fingerprint density at radius 1 is 1.25 bits per heavy atom. The number of carbonyl (C=O) groups excluding carboxylic acids is 1. The number of hydrogen-bond donors (Lipinski definition) is 2. The number of hydrogen-bond acceptors (Lipinski definition) is 3. The van der Waals surface area contributed by atoms with Gasteiger partial charge in [0, 0.05) is 24.5 Å². The summed E-state index contributed by atoms with van der Waals surface area (Å²) < 4.78 is 0. The predicted octanol–water partition coefficient (Wildman–Crippen LogP) is 1.84. The quantitative estimate of drug-likeness (QED) is 0.782. The van der Waals surface area contributed by atoms with Crippen molar-refractivity contribution in [1.29, 1.82) is 0 Å². The Hall–Kier alpha value is -0.610. The van der Waals surface area contributed by atoms with Gasteiger partial charge in [0.1, 0.15) is 0 Å².